The molecule has 2 N–H and O–H groups in total. The number of para-hydroxylation sites is 2. The number of benzene rings is 2. The minimum absolute atomic E-state index is 0.274. The van der Waals surface area contributed by atoms with E-state index in [1.54, 1.807) is 29.2 Å². The van der Waals surface area contributed by atoms with Crippen LogP contribution in [0.25, 0.3) is 10.9 Å². The van der Waals surface area contributed by atoms with Gasteiger partial charge in [-0.05, 0) is 37.1 Å². The zero-order valence-electron chi connectivity index (χ0n) is 18.2. The molecular formula is C25H26N4O3. The maximum absolute atomic E-state index is 13.5. The Hall–Kier alpha value is -3.61. The number of H-pyrrole nitrogens is 1. The van der Waals surface area contributed by atoms with Crippen molar-refractivity contribution >= 4 is 34.4 Å². The Bertz CT molecular complexity index is 1230. The lowest BCUT2D eigenvalue weighted by atomic mass is 9.93. The summed E-state index contributed by atoms with van der Waals surface area (Å²) >= 11 is 0. The number of amides is 4. The van der Waals surface area contributed by atoms with Crippen molar-refractivity contribution in [3.05, 3.63) is 65.4 Å². The predicted octanol–water partition coefficient (Wildman–Crippen LogP) is 4.15. The van der Waals surface area contributed by atoms with Gasteiger partial charge in [-0.1, -0.05) is 43.7 Å². The summed E-state index contributed by atoms with van der Waals surface area (Å²) in [6, 6.07) is 13.6. The minimum Gasteiger partial charge on any atom is -0.356 e. The highest BCUT2D eigenvalue weighted by molar-refractivity contribution is 6.24. The number of aromatic amines is 1. The van der Waals surface area contributed by atoms with Crippen molar-refractivity contribution < 1.29 is 14.4 Å². The van der Waals surface area contributed by atoms with Gasteiger partial charge in [0.25, 0.3) is 11.8 Å². The van der Waals surface area contributed by atoms with Crippen LogP contribution < -0.4 is 10.2 Å². The van der Waals surface area contributed by atoms with Crippen LogP contribution in [0.1, 0.15) is 54.3 Å². The molecule has 2 unspecified atom stereocenters. The van der Waals surface area contributed by atoms with Crippen LogP contribution in [0.4, 0.5) is 10.5 Å². The molecule has 32 heavy (non-hydrogen) atoms. The Balaban J connectivity index is 1.51. The van der Waals surface area contributed by atoms with Gasteiger partial charge in [0.05, 0.1) is 17.3 Å². The topological polar surface area (TPSA) is 85.5 Å². The highest BCUT2D eigenvalue weighted by Gasteiger charge is 2.52. The van der Waals surface area contributed by atoms with E-state index < -0.39 is 6.04 Å². The summed E-state index contributed by atoms with van der Waals surface area (Å²) in [4.78, 5) is 46.1. The van der Waals surface area contributed by atoms with E-state index in [0.717, 1.165) is 35.0 Å². The molecule has 164 valence electrons. The van der Waals surface area contributed by atoms with Crippen LogP contribution >= 0.6 is 0 Å². The van der Waals surface area contributed by atoms with Crippen molar-refractivity contribution in [2.75, 3.05) is 11.4 Å². The van der Waals surface area contributed by atoms with Gasteiger partial charge >= 0.3 is 6.03 Å². The number of rotatable bonds is 5. The van der Waals surface area contributed by atoms with E-state index in [9.17, 15) is 14.4 Å². The standard InChI is InChI=1S/C25H26N4O3/c1-3-4-13-26-23(30)17-10-6-8-12-20(17)29-24(31)21-14-18-16-9-5-7-11-19(16)27-22(18)15(2)28(21)25(29)32/h5-12,15,21,27H,3-4,13-14H2,1-2H3,(H,26,30). The second kappa shape index (κ2) is 7.82. The molecule has 0 radical (unpaired) electrons. The summed E-state index contributed by atoms with van der Waals surface area (Å²) in [5.41, 5.74) is 3.74. The van der Waals surface area contributed by atoms with Gasteiger partial charge in [0, 0.05) is 29.6 Å². The van der Waals surface area contributed by atoms with Gasteiger partial charge < -0.3 is 15.2 Å². The zero-order valence-corrected chi connectivity index (χ0v) is 18.2. The Morgan fingerprint density at radius 3 is 2.69 bits per heavy atom. The van der Waals surface area contributed by atoms with E-state index in [1.807, 2.05) is 31.2 Å². The lowest BCUT2D eigenvalue weighted by Crippen LogP contribution is -2.42. The molecule has 1 aromatic heterocycles. The summed E-state index contributed by atoms with van der Waals surface area (Å²) in [7, 11) is 0. The van der Waals surface area contributed by atoms with E-state index in [0.29, 0.717) is 24.2 Å². The summed E-state index contributed by atoms with van der Waals surface area (Å²) < 4.78 is 0. The largest absolute Gasteiger partial charge is 0.356 e. The molecule has 4 amide bonds. The third-order valence-electron chi connectivity index (χ3n) is 6.54. The predicted molar refractivity (Wildman–Crippen MR) is 123 cm³/mol. The molecular weight excluding hydrogens is 404 g/mol. The number of aromatic nitrogens is 1. The third kappa shape index (κ3) is 2.99. The number of anilines is 1. The van der Waals surface area contributed by atoms with Crippen molar-refractivity contribution in [2.24, 2.45) is 0 Å². The van der Waals surface area contributed by atoms with Gasteiger partial charge in [-0.3, -0.25) is 9.59 Å². The molecule has 1 saturated heterocycles. The lowest BCUT2D eigenvalue weighted by molar-refractivity contribution is -0.120. The Morgan fingerprint density at radius 2 is 1.88 bits per heavy atom. The molecule has 0 bridgehead atoms. The highest BCUT2D eigenvalue weighted by atomic mass is 16.2. The molecule has 0 spiro atoms. The Morgan fingerprint density at radius 1 is 1.12 bits per heavy atom. The van der Waals surface area contributed by atoms with E-state index in [1.165, 1.54) is 4.90 Å². The quantitative estimate of drug-likeness (QED) is 0.471. The number of hydrogen-bond donors (Lipinski definition) is 2. The summed E-state index contributed by atoms with van der Waals surface area (Å²) in [6.07, 6.45) is 2.29. The highest BCUT2D eigenvalue weighted by Crippen LogP contribution is 2.42. The van der Waals surface area contributed by atoms with Crippen LogP contribution in [0.2, 0.25) is 0 Å². The van der Waals surface area contributed by atoms with Crippen LogP contribution in [0, 0.1) is 0 Å². The molecule has 2 aliphatic heterocycles. The maximum atomic E-state index is 13.5. The average Bonchev–Trinajstić information content (AvgIpc) is 3.30. The molecule has 2 atom stereocenters. The molecule has 3 aromatic rings. The van der Waals surface area contributed by atoms with Gasteiger partial charge in [0.15, 0.2) is 0 Å². The van der Waals surface area contributed by atoms with Gasteiger partial charge in [-0.25, -0.2) is 9.69 Å². The second-order valence-corrected chi connectivity index (χ2v) is 8.45. The van der Waals surface area contributed by atoms with Crippen molar-refractivity contribution in [1.29, 1.82) is 0 Å². The van der Waals surface area contributed by atoms with Crippen molar-refractivity contribution in [3.63, 3.8) is 0 Å². The monoisotopic (exact) mass is 430 g/mol. The molecule has 1 fully saturated rings. The Kier molecular flexibility index (Phi) is 4.96. The van der Waals surface area contributed by atoms with Gasteiger partial charge in [-0.2, -0.15) is 0 Å². The molecule has 2 aliphatic rings. The third-order valence-corrected chi connectivity index (χ3v) is 6.54. The number of unbranched alkanes of at least 4 members (excludes halogenated alkanes) is 1. The van der Waals surface area contributed by atoms with Crippen LogP contribution in [-0.2, 0) is 11.2 Å². The average molecular weight is 431 g/mol. The van der Waals surface area contributed by atoms with E-state index in [4.69, 9.17) is 0 Å². The first-order chi connectivity index (χ1) is 15.5. The molecule has 2 aromatic carbocycles. The van der Waals surface area contributed by atoms with Crippen LogP contribution in [0.3, 0.4) is 0 Å². The first kappa shape index (κ1) is 20.3. The molecule has 7 nitrogen and oxygen atoms in total. The first-order valence-electron chi connectivity index (χ1n) is 11.2. The molecule has 3 heterocycles. The maximum Gasteiger partial charge on any atom is 0.332 e. The SMILES string of the molecule is CCCCNC(=O)c1ccccc1N1C(=O)C2Cc3c([nH]c4ccccc34)C(C)N2C1=O. The number of hydrogen-bond acceptors (Lipinski definition) is 3. The van der Waals surface area contributed by atoms with E-state index in [2.05, 4.69) is 17.2 Å². The fraction of sp³-hybridized carbons (Fsp3) is 0.320. The smallest absolute Gasteiger partial charge is 0.332 e. The van der Waals surface area contributed by atoms with E-state index >= 15 is 0 Å². The molecule has 0 saturated carbocycles. The fourth-order valence-electron chi connectivity index (χ4n) is 4.92. The van der Waals surface area contributed by atoms with E-state index in [-0.39, 0.29) is 23.9 Å². The van der Waals surface area contributed by atoms with Crippen molar-refractivity contribution in [1.82, 2.24) is 15.2 Å². The Labute approximate surface area is 186 Å². The van der Waals surface area contributed by atoms with Gasteiger partial charge in [0.1, 0.15) is 6.04 Å². The normalized spacial score (nSPS) is 19.9. The van der Waals surface area contributed by atoms with Crippen molar-refractivity contribution in [3.8, 4) is 0 Å². The van der Waals surface area contributed by atoms with Gasteiger partial charge in [0.2, 0.25) is 0 Å². The summed E-state index contributed by atoms with van der Waals surface area (Å²) in [5.74, 6) is -0.560. The number of nitrogens with one attached hydrogen (secondary N) is 2. The van der Waals surface area contributed by atoms with Crippen LogP contribution in [-0.4, -0.2) is 40.3 Å². The number of fused-ring (bicyclic) bond motifs is 4. The minimum atomic E-state index is -0.583. The lowest BCUT2D eigenvalue weighted by Gasteiger charge is -2.33. The second-order valence-electron chi connectivity index (χ2n) is 8.45. The molecule has 7 heteroatoms. The zero-order chi connectivity index (χ0) is 22.4. The summed E-state index contributed by atoms with van der Waals surface area (Å²) in [6.45, 7) is 4.55. The summed E-state index contributed by atoms with van der Waals surface area (Å²) in [5, 5.41) is 3.97. The fourth-order valence-corrected chi connectivity index (χ4v) is 4.92. The number of carbonyl (C=O) groups excluding carboxylic acids is 3. The van der Waals surface area contributed by atoms with Gasteiger partial charge in [-0.15, -0.1) is 0 Å². The van der Waals surface area contributed by atoms with Crippen molar-refractivity contribution in [2.45, 2.75) is 45.2 Å². The van der Waals surface area contributed by atoms with Crippen LogP contribution in [0.15, 0.2) is 48.5 Å². The number of urea groups is 1. The molecule has 0 aliphatic carbocycles. The molecule has 5 rings (SSSR count). The van der Waals surface area contributed by atoms with Crippen LogP contribution in [0.5, 0.6) is 0 Å². The number of carbonyl (C=O) groups is 3. The number of nitrogens with zero attached hydrogens (tertiary/aromatic N) is 2. The first-order valence-corrected chi connectivity index (χ1v) is 11.2. The number of imide groups is 1.